The predicted octanol–water partition coefficient (Wildman–Crippen LogP) is 13.3. The van der Waals surface area contributed by atoms with Crippen molar-refractivity contribution in [3.8, 4) is 16.9 Å². The molecule has 60 heavy (non-hydrogen) atoms. The molecule has 0 spiro atoms. The number of benzene rings is 7. The first-order valence-electron chi connectivity index (χ1n) is 20.7. The van der Waals surface area contributed by atoms with Crippen molar-refractivity contribution in [2.75, 3.05) is 16.5 Å². The van der Waals surface area contributed by atoms with Crippen molar-refractivity contribution < 1.29 is 21.1 Å². The fourth-order valence-corrected chi connectivity index (χ4v) is 9.35. The molecule has 0 aliphatic carbocycles. The van der Waals surface area contributed by atoms with Gasteiger partial charge in [0, 0.05) is 23.2 Å². The van der Waals surface area contributed by atoms with Crippen LogP contribution in [0.1, 0.15) is 61.4 Å². The summed E-state index contributed by atoms with van der Waals surface area (Å²) in [6.07, 6.45) is 1.95. The molecule has 0 saturated carbocycles. The minimum atomic E-state index is -0.767. The van der Waals surface area contributed by atoms with Crippen LogP contribution in [0.25, 0.3) is 38.8 Å². The molecule has 5 heteroatoms. The van der Waals surface area contributed by atoms with Gasteiger partial charge in [0.25, 0.3) is 0 Å². The average Bonchev–Trinajstić information content (AvgIpc) is 3.84. The second-order valence-corrected chi connectivity index (χ2v) is 16.2. The smallest absolute Gasteiger partial charge is 0.349 e. The summed E-state index contributed by atoms with van der Waals surface area (Å²) >= 11 is 0. The standard InChI is InChI=1S/C55H46N4.Pt/c1-38(2)46-24-11-12-25-47(46)40-32-33-56-54(34-40)59-50-27-14-13-26-48(50)49-31-30-44(36-53(49)59)55(41-18-7-5-8-19-41,42-20-9-6-10-21-42)43-22-17-23-45(35-43)58-37-57(39(3)4)51-28-15-16-29-52(51)58;/h5-34,38-39H,37H2,1-4H3;/q-2;+2. The number of fused-ring (bicyclic) bond motifs is 4. The summed E-state index contributed by atoms with van der Waals surface area (Å²) < 4.78 is 2.30. The molecule has 0 N–H and O–H groups in total. The summed E-state index contributed by atoms with van der Waals surface area (Å²) in [6, 6.07) is 72.0. The van der Waals surface area contributed by atoms with E-state index in [1.54, 1.807) is 0 Å². The third kappa shape index (κ3) is 6.46. The molecule has 0 saturated heterocycles. The number of pyridine rings is 1. The molecule has 0 atom stereocenters. The van der Waals surface area contributed by atoms with Gasteiger partial charge in [-0.05, 0) is 83.3 Å². The molecule has 2 aromatic heterocycles. The molecule has 1 aliphatic heterocycles. The predicted molar refractivity (Wildman–Crippen MR) is 245 cm³/mol. The zero-order valence-corrected chi connectivity index (χ0v) is 36.6. The zero-order valence-electron chi connectivity index (χ0n) is 34.3. The Bertz CT molecular complexity index is 2910. The van der Waals surface area contributed by atoms with E-state index in [2.05, 4.69) is 230 Å². The van der Waals surface area contributed by atoms with E-state index < -0.39 is 5.41 Å². The van der Waals surface area contributed by atoms with E-state index in [-0.39, 0.29) is 21.1 Å². The van der Waals surface area contributed by atoms with Crippen LogP contribution in [0.4, 0.5) is 17.1 Å². The fraction of sp³-hybridized carbons (Fsp3) is 0.145. The molecule has 7 aromatic carbocycles. The first-order valence-corrected chi connectivity index (χ1v) is 20.7. The van der Waals surface area contributed by atoms with Crippen LogP contribution in [-0.4, -0.2) is 22.3 Å². The molecule has 0 amide bonds. The number of para-hydroxylation sites is 3. The normalized spacial score (nSPS) is 12.7. The van der Waals surface area contributed by atoms with Crippen LogP contribution in [0.5, 0.6) is 0 Å². The Morgan fingerprint density at radius 1 is 0.583 bits per heavy atom. The molecule has 0 radical (unpaired) electrons. The minimum Gasteiger partial charge on any atom is -0.349 e. The first kappa shape index (κ1) is 39.3. The largest absolute Gasteiger partial charge is 2.00 e. The van der Waals surface area contributed by atoms with E-state index in [1.165, 1.54) is 27.9 Å². The second kappa shape index (κ2) is 16.1. The van der Waals surface area contributed by atoms with Gasteiger partial charge in [0.05, 0.1) is 18.0 Å². The molecule has 4 nitrogen and oxygen atoms in total. The summed E-state index contributed by atoms with van der Waals surface area (Å²) in [5.41, 5.74) is 12.9. The van der Waals surface area contributed by atoms with Gasteiger partial charge in [0.1, 0.15) is 5.82 Å². The maximum absolute atomic E-state index is 5.07. The molecule has 3 heterocycles. The van der Waals surface area contributed by atoms with Gasteiger partial charge in [-0.25, -0.2) is 4.98 Å². The van der Waals surface area contributed by atoms with Crippen LogP contribution < -0.4 is 9.80 Å². The van der Waals surface area contributed by atoms with Gasteiger partial charge >= 0.3 is 21.1 Å². The molecule has 10 rings (SSSR count). The number of hydrogen-bond donors (Lipinski definition) is 0. The summed E-state index contributed by atoms with van der Waals surface area (Å²) in [6.45, 7) is 9.80. The van der Waals surface area contributed by atoms with Crippen LogP contribution in [0.15, 0.2) is 182 Å². The van der Waals surface area contributed by atoms with Gasteiger partial charge in [0.2, 0.25) is 0 Å². The van der Waals surface area contributed by atoms with Crippen molar-refractivity contribution in [3.63, 3.8) is 0 Å². The summed E-state index contributed by atoms with van der Waals surface area (Å²) in [7, 11) is 0. The number of anilines is 3. The van der Waals surface area contributed by atoms with E-state index in [0.29, 0.717) is 12.0 Å². The summed E-state index contributed by atoms with van der Waals surface area (Å²) in [5, 5.41) is 2.30. The number of hydrogen-bond acceptors (Lipinski definition) is 3. The van der Waals surface area contributed by atoms with Crippen LogP contribution in [0.3, 0.4) is 0 Å². The van der Waals surface area contributed by atoms with Crippen molar-refractivity contribution in [1.29, 1.82) is 0 Å². The van der Waals surface area contributed by atoms with Gasteiger partial charge in [-0.1, -0.05) is 140 Å². The molecule has 0 bridgehead atoms. The van der Waals surface area contributed by atoms with Crippen LogP contribution in [0, 0.1) is 12.1 Å². The second-order valence-electron chi connectivity index (χ2n) is 16.2. The van der Waals surface area contributed by atoms with E-state index in [1.807, 2.05) is 6.20 Å². The van der Waals surface area contributed by atoms with Gasteiger partial charge in [-0.15, -0.1) is 22.6 Å². The fourth-order valence-electron chi connectivity index (χ4n) is 9.35. The number of rotatable bonds is 9. The summed E-state index contributed by atoms with van der Waals surface area (Å²) in [4.78, 5) is 9.93. The third-order valence-electron chi connectivity index (χ3n) is 12.1. The van der Waals surface area contributed by atoms with Crippen molar-refractivity contribution in [1.82, 2.24) is 9.55 Å². The monoisotopic (exact) mass is 957 g/mol. The van der Waals surface area contributed by atoms with Crippen molar-refractivity contribution in [2.45, 2.75) is 45.1 Å². The van der Waals surface area contributed by atoms with Crippen LogP contribution in [-0.2, 0) is 26.5 Å². The van der Waals surface area contributed by atoms with Gasteiger partial charge < -0.3 is 14.4 Å². The van der Waals surface area contributed by atoms with E-state index in [9.17, 15) is 0 Å². The maximum atomic E-state index is 5.07. The molecular weight excluding hydrogens is 912 g/mol. The number of aromatic nitrogens is 2. The average molecular weight is 958 g/mol. The topological polar surface area (TPSA) is 24.3 Å². The molecular formula is C55H46N4Pt. The van der Waals surface area contributed by atoms with E-state index in [0.717, 1.165) is 62.4 Å². The van der Waals surface area contributed by atoms with E-state index >= 15 is 0 Å². The Hall–Kier alpha value is -6.22. The maximum Gasteiger partial charge on any atom is 2.00 e. The SMILES string of the molecule is CC(C)c1ccccc1-c1ccnc(-n2c3[c-]c(C(c4[c-]c(N5CN(C(C)C)c6ccccc65)ccc4)(c4ccccc4)c4ccccc4)ccc3c3ccccc32)c1.[Pt+2]. The Kier molecular flexibility index (Phi) is 10.5. The minimum absolute atomic E-state index is 0. The Morgan fingerprint density at radius 2 is 1.23 bits per heavy atom. The van der Waals surface area contributed by atoms with Crippen LogP contribution in [0.2, 0.25) is 0 Å². The van der Waals surface area contributed by atoms with Crippen molar-refractivity contribution in [2.24, 2.45) is 0 Å². The molecule has 0 fully saturated rings. The van der Waals surface area contributed by atoms with Gasteiger partial charge in [0.15, 0.2) is 0 Å². The van der Waals surface area contributed by atoms with Gasteiger partial charge in [-0.2, -0.15) is 36.4 Å². The van der Waals surface area contributed by atoms with Crippen molar-refractivity contribution >= 4 is 38.9 Å². The zero-order chi connectivity index (χ0) is 40.1. The Labute approximate surface area is 368 Å². The third-order valence-corrected chi connectivity index (χ3v) is 12.1. The first-order chi connectivity index (χ1) is 28.9. The van der Waals surface area contributed by atoms with E-state index in [4.69, 9.17) is 4.98 Å². The van der Waals surface area contributed by atoms with Crippen molar-refractivity contribution in [3.05, 3.63) is 222 Å². The summed E-state index contributed by atoms with van der Waals surface area (Å²) in [5.74, 6) is 1.25. The molecule has 9 aromatic rings. The Balaban J connectivity index is 0.00000462. The molecule has 296 valence electrons. The molecule has 1 aliphatic rings. The molecule has 0 unspecified atom stereocenters. The quantitative estimate of drug-likeness (QED) is 0.106. The van der Waals surface area contributed by atoms with Crippen LogP contribution >= 0.6 is 0 Å². The Morgan fingerprint density at radius 3 is 1.97 bits per heavy atom. The number of nitrogens with zero attached hydrogens (tertiary/aromatic N) is 4. The van der Waals surface area contributed by atoms with Gasteiger partial charge in [-0.3, -0.25) is 0 Å².